The number of amides is 3. The predicted octanol–water partition coefficient (Wildman–Crippen LogP) is 1.10. The van der Waals surface area contributed by atoms with Crippen molar-refractivity contribution in [2.24, 2.45) is 11.8 Å². The zero-order valence-electron chi connectivity index (χ0n) is 22.0. The highest BCUT2D eigenvalue weighted by atomic mass is 16.5. The number of nitrogens with one attached hydrogen (secondary N) is 3. The summed E-state index contributed by atoms with van der Waals surface area (Å²) in [5.41, 5.74) is 0.817. The number of hydrogen-bond donors (Lipinski definition) is 5. The number of para-hydroxylation sites is 1. The molecule has 4 rings (SSSR count). The zero-order valence-corrected chi connectivity index (χ0v) is 22.0. The second-order valence-corrected chi connectivity index (χ2v) is 10.4. The molecule has 2 aliphatic heterocycles. The minimum atomic E-state index is -1.29. The molecule has 2 heterocycles. The van der Waals surface area contributed by atoms with E-state index in [1.807, 2.05) is 30.3 Å². The number of aromatic hydroxyl groups is 1. The summed E-state index contributed by atoms with van der Waals surface area (Å²) in [6, 6.07) is 12.2. The number of ketones is 1. The Kier molecular flexibility index (Phi) is 8.98. The van der Waals surface area contributed by atoms with Gasteiger partial charge in [0.2, 0.25) is 11.8 Å². The normalized spacial score (nSPS) is 30.1. The molecule has 0 aliphatic carbocycles. The monoisotopic (exact) mass is 537 g/mol. The Morgan fingerprint density at radius 3 is 2.31 bits per heavy atom. The second-order valence-electron chi connectivity index (χ2n) is 10.4. The number of phenols is 1. The molecule has 10 heteroatoms. The Balaban J connectivity index is 1.67. The highest BCUT2D eigenvalue weighted by Crippen LogP contribution is 2.23. The van der Waals surface area contributed by atoms with Crippen molar-refractivity contribution in [1.82, 2.24) is 16.0 Å². The van der Waals surface area contributed by atoms with Crippen molar-refractivity contribution in [1.29, 1.82) is 0 Å². The van der Waals surface area contributed by atoms with Crippen molar-refractivity contribution in [3.63, 3.8) is 0 Å². The van der Waals surface area contributed by atoms with Gasteiger partial charge in [-0.2, -0.15) is 0 Å². The smallest absolute Gasteiger partial charge is 0.255 e. The number of Topliss-reactive ketones (excluding diaryl/α,β-unsaturated/α-hetero) is 1. The third-order valence-electron chi connectivity index (χ3n) is 7.52. The van der Waals surface area contributed by atoms with E-state index in [2.05, 4.69) is 16.0 Å². The predicted molar refractivity (Wildman–Crippen MR) is 142 cm³/mol. The van der Waals surface area contributed by atoms with E-state index in [1.54, 1.807) is 26.0 Å². The maximum Gasteiger partial charge on any atom is 0.255 e. The first-order valence-electron chi connectivity index (χ1n) is 13.2. The van der Waals surface area contributed by atoms with Gasteiger partial charge in [0.15, 0.2) is 5.78 Å². The van der Waals surface area contributed by atoms with Gasteiger partial charge in [-0.05, 0) is 36.5 Å². The number of aliphatic hydroxyl groups excluding tert-OH is 1. The summed E-state index contributed by atoms with van der Waals surface area (Å²) < 4.78 is 5.52. The number of hydrogen-bond acceptors (Lipinski definition) is 7. The average molecular weight is 538 g/mol. The van der Waals surface area contributed by atoms with Crippen molar-refractivity contribution in [2.75, 3.05) is 6.61 Å². The lowest BCUT2D eigenvalue weighted by molar-refractivity contribution is -0.143. The summed E-state index contributed by atoms with van der Waals surface area (Å²) in [5, 5.41) is 29.7. The Morgan fingerprint density at radius 2 is 1.67 bits per heavy atom. The number of carbonyl (C=O) groups excluding carboxylic acids is 4. The molecule has 3 amide bonds. The minimum absolute atomic E-state index is 0.0163. The lowest BCUT2D eigenvalue weighted by atomic mass is 9.86. The fourth-order valence-electron chi connectivity index (χ4n) is 5.00. The van der Waals surface area contributed by atoms with Crippen LogP contribution in [0.2, 0.25) is 0 Å². The van der Waals surface area contributed by atoms with Crippen molar-refractivity contribution in [2.45, 2.75) is 63.4 Å². The van der Waals surface area contributed by atoms with Crippen molar-refractivity contribution in [3.05, 3.63) is 65.7 Å². The van der Waals surface area contributed by atoms with Gasteiger partial charge in [-0.3, -0.25) is 19.2 Å². The summed E-state index contributed by atoms with van der Waals surface area (Å²) in [5.74, 6) is -4.02. The highest BCUT2D eigenvalue weighted by Gasteiger charge is 2.41. The largest absolute Gasteiger partial charge is 0.507 e. The van der Waals surface area contributed by atoms with Crippen LogP contribution in [0.3, 0.4) is 0 Å². The first-order valence-corrected chi connectivity index (χ1v) is 13.2. The fourth-order valence-corrected chi connectivity index (χ4v) is 5.00. The van der Waals surface area contributed by atoms with Gasteiger partial charge in [-0.25, -0.2) is 0 Å². The quantitative estimate of drug-likeness (QED) is 0.383. The molecule has 2 unspecified atom stereocenters. The summed E-state index contributed by atoms with van der Waals surface area (Å²) in [4.78, 5) is 53.2. The molecule has 2 fully saturated rings. The molecule has 208 valence electrons. The maximum atomic E-state index is 13.7. The van der Waals surface area contributed by atoms with Gasteiger partial charge >= 0.3 is 0 Å². The SMILES string of the molecule is C[C@H]1CC(=O)C(C2CCO2)NC(=O)[C@H](C)[C@H](O)[C@H](Cc2ccccc2)NC(=O)[C@H]1NC(=O)c1ccccc1O. The number of phenolic OH excluding ortho intramolecular Hbond substituents is 1. The molecule has 0 bridgehead atoms. The molecular weight excluding hydrogens is 502 g/mol. The molecule has 0 spiro atoms. The fraction of sp³-hybridized carbons (Fsp3) is 0.448. The van der Waals surface area contributed by atoms with Crippen molar-refractivity contribution < 1.29 is 34.1 Å². The van der Waals surface area contributed by atoms with Crippen LogP contribution in [0.5, 0.6) is 5.75 Å². The van der Waals surface area contributed by atoms with Crippen molar-refractivity contribution in [3.8, 4) is 5.75 Å². The first-order chi connectivity index (χ1) is 18.7. The maximum absolute atomic E-state index is 13.7. The van der Waals surface area contributed by atoms with E-state index in [1.165, 1.54) is 12.1 Å². The third kappa shape index (κ3) is 6.63. The van der Waals surface area contributed by atoms with Crippen LogP contribution in [-0.4, -0.2) is 70.7 Å². The van der Waals surface area contributed by atoms with Gasteiger partial charge in [0.25, 0.3) is 5.91 Å². The molecule has 2 saturated heterocycles. The molecule has 5 N–H and O–H groups in total. The van der Waals surface area contributed by atoms with E-state index in [0.717, 1.165) is 5.56 Å². The number of carbonyl (C=O) groups is 4. The van der Waals surface area contributed by atoms with E-state index in [0.29, 0.717) is 13.0 Å². The van der Waals surface area contributed by atoms with Gasteiger partial charge in [0.05, 0.1) is 29.7 Å². The van der Waals surface area contributed by atoms with Gasteiger partial charge < -0.3 is 30.9 Å². The summed E-state index contributed by atoms with van der Waals surface area (Å²) in [6.45, 7) is 3.67. The molecule has 2 aliphatic rings. The number of aliphatic hydroxyl groups is 1. The Labute approximate surface area is 227 Å². The number of benzene rings is 2. The zero-order chi connectivity index (χ0) is 28.1. The molecule has 0 radical (unpaired) electrons. The van der Waals surface area contributed by atoms with Crippen LogP contribution in [-0.2, 0) is 25.5 Å². The Morgan fingerprint density at radius 1 is 1.00 bits per heavy atom. The second kappa shape index (κ2) is 12.4. The van der Waals surface area contributed by atoms with Crippen LogP contribution in [0.25, 0.3) is 0 Å². The molecule has 39 heavy (non-hydrogen) atoms. The summed E-state index contributed by atoms with van der Waals surface area (Å²) in [6.07, 6.45) is -1.09. The lowest BCUT2D eigenvalue weighted by Crippen LogP contribution is -2.61. The van der Waals surface area contributed by atoms with Crippen LogP contribution in [0, 0.1) is 11.8 Å². The van der Waals surface area contributed by atoms with E-state index < -0.39 is 59.9 Å². The first kappa shape index (κ1) is 28.3. The van der Waals surface area contributed by atoms with Crippen LogP contribution < -0.4 is 16.0 Å². The number of ether oxygens (including phenoxy) is 1. The molecule has 7 atom stereocenters. The third-order valence-corrected chi connectivity index (χ3v) is 7.52. The standard InChI is InChI=1S/C29H35N3O7/c1-16-14-22(34)25(23-12-13-39-23)32-27(36)17(2)26(35)20(15-18-8-4-3-5-9-18)30-29(38)24(16)31-28(37)19-10-6-7-11-21(19)33/h3-11,16-17,20,23-26,33,35H,12-15H2,1-2H3,(H,30,38)(H,31,37)(H,32,36)/t16-,17+,20-,23?,24-,25?,26-/m0/s1. The van der Waals surface area contributed by atoms with E-state index in [-0.39, 0.29) is 29.9 Å². The van der Waals surface area contributed by atoms with Crippen LogP contribution in [0.4, 0.5) is 0 Å². The molecule has 2 aromatic carbocycles. The lowest BCUT2D eigenvalue weighted by Gasteiger charge is -2.37. The topological polar surface area (TPSA) is 154 Å². The van der Waals surface area contributed by atoms with Gasteiger partial charge in [-0.1, -0.05) is 56.3 Å². The molecule has 10 nitrogen and oxygen atoms in total. The Hall–Kier alpha value is -3.76. The molecular formula is C29H35N3O7. The average Bonchev–Trinajstić information content (AvgIpc) is 2.89. The Bertz CT molecular complexity index is 1200. The molecule has 0 aromatic heterocycles. The van der Waals surface area contributed by atoms with Crippen LogP contribution >= 0.6 is 0 Å². The van der Waals surface area contributed by atoms with Crippen LogP contribution in [0.1, 0.15) is 42.6 Å². The van der Waals surface area contributed by atoms with Crippen LogP contribution in [0.15, 0.2) is 54.6 Å². The van der Waals surface area contributed by atoms with Gasteiger partial charge in [0.1, 0.15) is 17.8 Å². The van der Waals surface area contributed by atoms with Gasteiger partial charge in [0, 0.05) is 13.0 Å². The van der Waals surface area contributed by atoms with E-state index in [4.69, 9.17) is 4.74 Å². The number of rotatable bonds is 5. The summed E-state index contributed by atoms with van der Waals surface area (Å²) in [7, 11) is 0. The van der Waals surface area contributed by atoms with E-state index >= 15 is 0 Å². The molecule has 0 saturated carbocycles. The van der Waals surface area contributed by atoms with E-state index in [9.17, 15) is 29.4 Å². The van der Waals surface area contributed by atoms with Crippen molar-refractivity contribution >= 4 is 23.5 Å². The molecule has 2 aromatic rings. The van der Waals surface area contributed by atoms with Gasteiger partial charge in [-0.15, -0.1) is 0 Å². The highest BCUT2D eigenvalue weighted by molar-refractivity contribution is 6.00. The minimum Gasteiger partial charge on any atom is -0.507 e. The summed E-state index contributed by atoms with van der Waals surface area (Å²) >= 11 is 0.